The number of nitrogens with zero attached hydrogens (tertiary/aromatic N) is 1. The number of amides is 1. The molecule has 0 bridgehead atoms. The highest BCUT2D eigenvalue weighted by molar-refractivity contribution is 9.10. The molecule has 1 amide bonds. The van der Waals surface area contributed by atoms with Crippen molar-refractivity contribution in [2.45, 2.75) is 44.8 Å². The van der Waals surface area contributed by atoms with E-state index in [1.165, 1.54) is 0 Å². The van der Waals surface area contributed by atoms with E-state index in [-0.39, 0.29) is 17.7 Å². The van der Waals surface area contributed by atoms with Crippen LogP contribution in [0.4, 0.5) is 4.79 Å². The number of rotatable bonds is 5. The Balaban J connectivity index is 2.11. The average Bonchev–Trinajstić information content (AvgIpc) is 2.48. The molecule has 2 unspecified atom stereocenters. The molecule has 4 heteroatoms. The molecule has 21 heavy (non-hydrogen) atoms. The summed E-state index contributed by atoms with van der Waals surface area (Å²) in [6.07, 6.45) is 4.01. The Bertz CT molecular complexity index is 514. The van der Waals surface area contributed by atoms with Crippen LogP contribution in [-0.2, 0) is 4.74 Å². The van der Waals surface area contributed by atoms with Gasteiger partial charge in [0.2, 0.25) is 0 Å². The van der Waals surface area contributed by atoms with Gasteiger partial charge in [-0.1, -0.05) is 41.1 Å². The van der Waals surface area contributed by atoms with Gasteiger partial charge in [-0.3, -0.25) is 0 Å². The second-order valence-corrected chi connectivity index (χ2v) is 6.48. The zero-order chi connectivity index (χ0) is 15.5. The van der Waals surface area contributed by atoms with Gasteiger partial charge in [-0.2, -0.15) is 0 Å². The number of benzene rings is 1. The number of carbonyl (C=O) groups is 1. The van der Waals surface area contributed by atoms with Crippen LogP contribution in [0.2, 0.25) is 0 Å². The number of ether oxygens (including phenoxy) is 1. The molecule has 1 aliphatic rings. The third kappa shape index (κ3) is 3.49. The third-order valence-corrected chi connectivity index (χ3v) is 4.86. The maximum Gasteiger partial charge on any atom is 0.410 e. The zero-order valence-corrected chi connectivity index (χ0v) is 14.2. The van der Waals surface area contributed by atoms with Crippen LogP contribution in [0.5, 0.6) is 0 Å². The second kappa shape index (κ2) is 6.65. The Morgan fingerprint density at radius 3 is 2.67 bits per heavy atom. The molecule has 1 fully saturated rings. The monoisotopic (exact) mass is 351 g/mol. The summed E-state index contributed by atoms with van der Waals surface area (Å²) in [5, 5.41) is 0. The maximum atomic E-state index is 12.4. The minimum Gasteiger partial charge on any atom is -0.442 e. The molecule has 3 nitrogen and oxygen atoms in total. The molecule has 1 aromatic rings. The van der Waals surface area contributed by atoms with Gasteiger partial charge in [0.05, 0.1) is 6.04 Å². The molecule has 0 aromatic heterocycles. The summed E-state index contributed by atoms with van der Waals surface area (Å²) in [6, 6.07) is 8.08. The standard InChI is InChI=1S/C17H22BrNO2/c1-4-10-17(5-2)11-12-19(16(20)21-17)13(3)14-6-8-15(18)9-7-14/h4,6-9,13H,1,5,10-12H2,2-3H3. The first-order valence-corrected chi connectivity index (χ1v) is 8.16. The van der Waals surface area contributed by atoms with Gasteiger partial charge in [-0.25, -0.2) is 4.79 Å². The fourth-order valence-corrected chi connectivity index (χ4v) is 3.05. The van der Waals surface area contributed by atoms with Crippen molar-refractivity contribution in [2.75, 3.05) is 6.54 Å². The largest absolute Gasteiger partial charge is 0.442 e. The molecule has 0 N–H and O–H groups in total. The van der Waals surface area contributed by atoms with E-state index in [0.717, 1.165) is 35.8 Å². The highest BCUT2D eigenvalue weighted by atomic mass is 79.9. The van der Waals surface area contributed by atoms with Gasteiger partial charge in [-0.15, -0.1) is 6.58 Å². The van der Waals surface area contributed by atoms with E-state index in [0.29, 0.717) is 0 Å². The molecule has 0 aliphatic carbocycles. The predicted molar refractivity (Wildman–Crippen MR) is 88.2 cm³/mol. The average molecular weight is 352 g/mol. The molecule has 2 atom stereocenters. The summed E-state index contributed by atoms with van der Waals surface area (Å²) in [6.45, 7) is 8.59. The molecular weight excluding hydrogens is 330 g/mol. The lowest BCUT2D eigenvalue weighted by Crippen LogP contribution is -2.49. The molecule has 1 saturated heterocycles. The van der Waals surface area contributed by atoms with Crippen LogP contribution in [0.15, 0.2) is 41.4 Å². The van der Waals surface area contributed by atoms with Crippen molar-refractivity contribution < 1.29 is 9.53 Å². The lowest BCUT2D eigenvalue weighted by molar-refractivity contribution is -0.0564. The quantitative estimate of drug-likeness (QED) is 0.692. The highest BCUT2D eigenvalue weighted by Crippen LogP contribution is 2.34. The van der Waals surface area contributed by atoms with Crippen molar-refractivity contribution in [1.82, 2.24) is 4.90 Å². The van der Waals surface area contributed by atoms with E-state index < -0.39 is 0 Å². The van der Waals surface area contributed by atoms with Crippen LogP contribution in [-0.4, -0.2) is 23.1 Å². The molecule has 2 rings (SSSR count). The molecule has 0 radical (unpaired) electrons. The molecule has 1 heterocycles. The van der Waals surface area contributed by atoms with Crippen LogP contribution < -0.4 is 0 Å². The van der Waals surface area contributed by atoms with E-state index >= 15 is 0 Å². The van der Waals surface area contributed by atoms with Gasteiger partial charge >= 0.3 is 6.09 Å². The summed E-state index contributed by atoms with van der Waals surface area (Å²) in [5.41, 5.74) is 0.747. The molecule has 114 valence electrons. The minimum atomic E-state index is -0.366. The topological polar surface area (TPSA) is 29.5 Å². The van der Waals surface area contributed by atoms with Crippen molar-refractivity contribution >= 4 is 22.0 Å². The predicted octanol–water partition coefficient (Wildman–Crippen LogP) is 5.08. The number of carbonyl (C=O) groups excluding carboxylic acids is 1. The van der Waals surface area contributed by atoms with E-state index in [1.807, 2.05) is 37.3 Å². The Labute approximate surface area is 135 Å². The Morgan fingerprint density at radius 1 is 1.48 bits per heavy atom. The number of hydrogen-bond acceptors (Lipinski definition) is 2. The first-order valence-electron chi connectivity index (χ1n) is 7.37. The van der Waals surface area contributed by atoms with Gasteiger partial charge in [0.1, 0.15) is 5.60 Å². The number of cyclic esters (lactones) is 1. The first-order chi connectivity index (χ1) is 10.0. The minimum absolute atomic E-state index is 0.0178. The Hall–Kier alpha value is -1.29. The number of hydrogen-bond donors (Lipinski definition) is 0. The summed E-state index contributed by atoms with van der Waals surface area (Å²) in [4.78, 5) is 14.2. The van der Waals surface area contributed by atoms with E-state index in [2.05, 4.69) is 29.4 Å². The maximum absolute atomic E-state index is 12.4. The van der Waals surface area contributed by atoms with Crippen LogP contribution >= 0.6 is 15.9 Å². The summed E-state index contributed by atoms with van der Waals surface area (Å²) in [7, 11) is 0. The normalized spacial score (nSPS) is 23.6. The zero-order valence-electron chi connectivity index (χ0n) is 12.6. The Morgan fingerprint density at radius 2 is 2.14 bits per heavy atom. The SMILES string of the molecule is C=CCC1(CC)CCN(C(C)c2ccc(Br)cc2)C(=O)O1. The Kier molecular flexibility index (Phi) is 5.09. The van der Waals surface area contributed by atoms with Crippen LogP contribution in [0.25, 0.3) is 0 Å². The lowest BCUT2D eigenvalue weighted by atomic mass is 9.90. The van der Waals surface area contributed by atoms with Crippen molar-refractivity contribution in [2.24, 2.45) is 0 Å². The van der Waals surface area contributed by atoms with Gasteiger partial charge < -0.3 is 9.64 Å². The summed E-state index contributed by atoms with van der Waals surface area (Å²) >= 11 is 3.43. The van der Waals surface area contributed by atoms with Crippen LogP contribution in [0, 0.1) is 0 Å². The van der Waals surface area contributed by atoms with Crippen molar-refractivity contribution in [3.8, 4) is 0 Å². The fourth-order valence-electron chi connectivity index (χ4n) is 2.78. The van der Waals surface area contributed by atoms with Gasteiger partial charge in [0.15, 0.2) is 0 Å². The van der Waals surface area contributed by atoms with E-state index in [1.54, 1.807) is 4.90 Å². The van der Waals surface area contributed by atoms with Crippen molar-refractivity contribution in [3.63, 3.8) is 0 Å². The van der Waals surface area contributed by atoms with Crippen molar-refractivity contribution in [1.29, 1.82) is 0 Å². The molecule has 0 saturated carbocycles. The van der Waals surface area contributed by atoms with Gasteiger partial charge in [-0.05, 0) is 31.0 Å². The molecule has 0 spiro atoms. The van der Waals surface area contributed by atoms with E-state index in [4.69, 9.17) is 4.74 Å². The van der Waals surface area contributed by atoms with Crippen LogP contribution in [0.3, 0.4) is 0 Å². The van der Waals surface area contributed by atoms with Crippen molar-refractivity contribution in [3.05, 3.63) is 47.0 Å². The smallest absolute Gasteiger partial charge is 0.410 e. The molecular formula is C17H22BrNO2. The molecule has 1 aromatic carbocycles. The lowest BCUT2D eigenvalue weighted by Gasteiger charge is -2.42. The highest BCUT2D eigenvalue weighted by Gasteiger charge is 2.39. The summed E-state index contributed by atoms with van der Waals surface area (Å²) in [5.74, 6) is 0. The van der Waals surface area contributed by atoms with Gasteiger partial charge in [0, 0.05) is 23.9 Å². The van der Waals surface area contributed by atoms with Gasteiger partial charge in [0.25, 0.3) is 0 Å². The second-order valence-electron chi connectivity index (χ2n) is 5.57. The van der Waals surface area contributed by atoms with E-state index in [9.17, 15) is 4.79 Å². The van der Waals surface area contributed by atoms with Crippen LogP contribution in [0.1, 0.15) is 44.7 Å². The summed E-state index contributed by atoms with van der Waals surface area (Å²) < 4.78 is 6.79. The first kappa shape index (κ1) is 16.1. The third-order valence-electron chi connectivity index (χ3n) is 4.33. The fraction of sp³-hybridized carbons (Fsp3) is 0.471. The number of halogens is 1. The molecule has 1 aliphatic heterocycles.